The van der Waals surface area contributed by atoms with Crippen molar-refractivity contribution in [3.63, 3.8) is 0 Å². The molecule has 0 fully saturated rings. The Kier molecular flexibility index (Phi) is 38.5. The second kappa shape index (κ2) is 37.7. The third kappa shape index (κ3) is 43.7. The molecule has 2 N–H and O–H groups in total. The van der Waals surface area contributed by atoms with Gasteiger partial charge in [-0.1, -0.05) is 167 Å². The van der Waals surface area contributed by atoms with Gasteiger partial charge in [0.05, 0.1) is 0 Å². The van der Waals surface area contributed by atoms with Gasteiger partial charge in [0, 0.05) is 12.8 Å². The average molecular weight is 567 g/mol. The molecular formula is C36H70O4. The van der Waals surface area contributed by atoms with Crippen LogP contribution < -0.4 is 0 Å². The molecule has 40 heavy (non-hydrogen) atoms. The van der Waals surface area contributed by atoms with Crippen molar-refractivity contribution in [2.75, 3.05) is 0 Å². The quantitative estimate of drug-likeness (QED) is 0.0646. The third-order valence-corrected chi connectivity index (χ3v) is 7.65. The summed E-state index contributed by atoms with van der Waals surface area (Å²) in [5.74, 6) is -1.32. The zero-order valence-corrected chi connectivity index (χ0v) is 27.1. The molecule has 4 nitrogen and oxygen atoms in total. The van der Waals surface area contributed by atoms with Crippen molar-refractivity contribution in [2.45, 2.75) is 206 Å². The first-order chi connectivity index (χ1) is 19.5. The lowest BCUT2D eigenvalue weighted by Gasteiger charge is -2.03. The fourth-order valence-electron chi connectivity index (χ4n) is 4.99. The molecule has 0 unspecified atom stereocenters. The number of hydrogen-bond acceptors (Lipinski definition) is 2. The summed E-state index contributed by atoms with van der Waals surface area (Å²) in [6.07, 6.45) is 41.5. The highest BCUT2D eigenvalue weighted by atomic mass is 16.4. The molecule has 0 aromatic rings. The Bertz CT molecular complexity index is 529. The average Bonchev–Trinajstić information content (AvgIpc) is 2.93. The molecule has 0 saturated carbocycles. The van der Waals surface area contributed by atoms with E-state index in [0.717, 1.165) is 25.7 Å². The maximum Gasteiger partial charge on any atom is 0.303 e. The Morgan fingerprint density at radius 1 is 0.375 bits per heavy atom. The van der Waals surface area contributed by atoms with Crippen LogP contribution in [0.15, 0.2) is 12.2 Å². The van der Waals surface area contributed by atoms with Crippen LogP contribution in [0.2, 0.25) is 0 Å². The Hall–Kier alpha value is -1.32. The Labute approximate surface area is 250 Å². The summed E-state index contributed by atoms with van der Waals surface area (Å²) in [5.41, 5.74) is 0. The molecule has 0 rings (SSSR count). The van der Waals surface area contributed by atoms with Crippen molar-refractivity contribution < 1.29 is 19.8 Å². The minimum Gasteiger partial charge on any atom is -0.481 e. The Morgan fingerprint density at radius 2 is 0.600 bits per heavy atom. The summed E-state index contributed by atoms with van der Waals surface area (Å²) >= 11 is 0. The van der Waals surface area contributed by atoms with Crippen molar-refractivity contribution in [1.82, 2.24) is 0 Å². The first kappa shape index (κ1) is 40.8. The maximum atomic E-state index is 10.4. The van der Waals surface area contributed by atoms with Crippen LogP contribution >= 0.6 is 0 Å². The summed E-state index contributed by atoms with van der Waals surface area (Å²) in [7, 11) is 0. The lowest BCUT2D eigenvalue weighted by molar-refractivity contribution is -0.138. The highest BCUT2D eigenvalue weighted by Gasteiger charge is 1.98. The smallest absolute Gasteiger partial charge is 0.303 e. The third-order valence-electron chi connectivity index (χ3n) is 7.65. The Morgan fingerprint density at radius 3 is 0.875 bits per heavy atom. The van der Waals surface area contributed by atoms with Gasteiger partial charge in [-0.3, -0.25) is 9.59 Å². The topological polar surface area (TPSA) is 74.6 Å². The van der Waals surface area contributed by atoms with Gasteiger partial charge in [0.2, 0.25) is 0 Å². The van der Waals surface area contributed by atoms with Crippen molar-refractivity contribution in [2.24, 2.45) is 0 Å². The van der Waals surface area contributed by atoms with E-state index in [0.29, 0.717) is 12.8 Å². The van der Waals surface area contributed by atoms with Gasteiger partial charge in [0.25, 0.3) is 0 Å². The van der Waals surface area contributed by atoms with E-state index >= 15 is 0 Å². The molecule has 0 bridgehead atoms. The molecule has 0 saturated heterocycles. The molecule has 238 valence electrons. The normalized spacial score (nSPS) is 11.1. The van der Waals surface area contributed by atoms with Crippen molar-refractivity contribution in [1.29, 1.82) is 0 Å². The van der Waals surface area contributed by atoms with Crippen LogP contribution in [-0.2, 0) is 9.59 Å². The number of hydrogen-bond donors (Lipinski definition) is 2. The van der Waals surface area contributed by atoms with Crippen LogP contribution in [0.5, 0.6) is 0 Å². The van der Waals surface area contributed by atoms with Gasteiger partial charge in [0.1, 0.15) is 0 Å². The summed E-state index contributed by atoms with van der Waals surface area (Å²) in [6.45, 7) is 4.52. The predicted molar refractivity (Wildman–Crippen MR) is 174 cm³/mol. The van der Waals surface area contributed by atoms with Crippen LogP contribution in [0.25, 0.3) is 0 Å². The molecule has 0 amide bonds. The fraction of sp³-hybridized carbons (Fsp3) is 0.889. The second-order valence-electron chi connectivity index (χ2n) is 11.8. The van der Waals surface area contributed by atoms with Crippen LogP contribution in [0.1, 0.15) is 206 Å². The SMILES string of the molecule is CCCCCC/C=C\CCCCCCCC(=O)O.CCCCCCCCCCCCCCCCCCCC(=O)O. The summed E-state index contributed by atoms with van der Waals surface area (Å²) in [5, 5.41) is 17.0. The number of aliphatic carboxylic acids is 2. The Balaban J connectivity index is 0. The lowest BCUT2D eigenvalue weighted by atomic mass is 10.0. The van der Waals surface area contributed by atoms with Crippen molar-refractivity contribution >= 4 is 11.9 Å². The van der Waals surface area contributed by atoms with Crippen molar-refractivity contribution in [3.05, 3.63) is 12.2 Å². The minimum atomic E-state index is -0.666. The predicted octanol–water partition coefficient (Wildman–Crippen LogP) is 12.4. The number of carbonyl (C=O) groups is 2. The van der Waals surface area contributed by atoms with Gasteiger partial charge >= 0.3 is 11.9 Å². The minimum absolute atomic E-state index is 0.331. The van der Waals surface area contributed by atoms with E-state index in [4.69, 9.17) is 10.2 Å². The molecule has 0 aromatic heterocycles. The number of rotatable bonds is 31. The van der Waals surface area contributed by atoms with Gasteiger partial charge < -0.3 is 10.2 Å². The monoisotopic (exact) mass is 567 g/mol. The van der Waals surface area contributed by atoms with Gasteiger partial charge in [-0.25, -0.2) is 0 Å². The van der Waals surface area contributed by atoms with Crippen molar-refractivity contribution in [3.8, 4) is 0 Å². The van der Waals surface area contributed by atoms with Crippen LogP contribution in [0.3, 0.4) is 0 Å². The van der Waals surface area contributed by atoms with Crippen LogP contribution in [0.4, 0.5) is 0 Å². The number of allylic oxidation sites excluding steroid dienone is 2. The standard InChI is InChI=1S/C20H40O2.C16H30O2/c1-2-3-4-5-6-7-8-9-10-11-12-13-14-15-16-17-18-19-20(21)22;1-2-3-4-5-6-7-8-9-10-11-12-13-14-15-16(17)18/h2-19H2,1H3,(H,21,22);7-8H,2-6,9-15H2,1H3,(H,17,18)/b;8-7-. The highest BCUT2D eigenvalue weighted by Crippen LogP contribution is 2.14. The molecule has 0 aliphatic heterocycles. The highest BCUT2D eigenvalue weighted by molar-refractivity contribution is 5.66. The molecule has 4 heteroatoms. The fourth-order valence-corrected chi connectivity index (χ4v) is 4.99. The number of carboxylic acids is 2. The van der Waals surface area contributed by atoms with Gasteiger partial charge in [-0.15, -0.1) is 0 Å². The lowest BCUT2D eigenvalue weighted by Crippen LogP contribution is -1.93. The summed E-state index contributed by atoms with van der Waals surface area (Å²) in [4.78, 5) is 20.7. The molecule has 0 atom stereocenters. The van der Waals surface area contributed by atoms with Crippen LogP contribution in [0, 0.1) is 0 Å². The largest absolute Gasteiger partial charge is 0.481 e. The van der Waals surface area contributed by atoms with E-state index in [9.17, 15) is 9.59 Å². The first-order valence-corrected chi connectivity index (χ1v) is 17.6. The zero-order chi connectivity index (χ0) is 29.8. The van der Waals surface area contributed by atoms with Crippen LogP contribution in [-0.4, -0.2) is 22.2 Å². The molecular weight excluding hydrogens is 496 g/mol. The molecule has 0 heterocycles. The summed E-state index contributed by atoms with van der Waals surface area (Å²) in [6, 6.07) is 0. The number of carboxylic acid groups (broad SMARTS) is 2. The molecule has 0 aliphatic rings. The van der Waals surface area contributed by atoms with E-state index in [2.05, 4.69) is 26.0 Å². The van der Waals surface area contributed by atoms with E-state index in [-0.39, 0.29) is 0 Å². The van der Waals surface area contributed by atoms with E-state index in [1.54, 1.807) is 0 Å². The summed E-state index contributed by atoms with van der Waals surface area (Å²) < 4.78 is 0. The molecule has 0 aliphatic carbocycles. The van der Waals surface area contributed by atoms with Gasteiger partial charge in [-0.05, 0) is 38.5 Å². The molecule has 0 radical (unpaired) electrons. The van der Waals surface area contributed by atoms with Gasteiger partial charge in [-0.2, -0.15) is 0 Å². The molecule has 0 aromatic carbocycles. The first-order valence-electron chi connectivity index (χ1n) is 17.6. The molecule has 0 spiro atoms. The van der Waals surface area contributed by atoms with E-state index < -0.39 is 11.9 Å². The zero-order valence-electron chi connectivity index (χ0n) is 27.1. The van der Waals surface area contributed by atoms with Gasteiger partial charge in [0.15, 0.2) is 0 Å². The second-order valence-corrected chi connectivity index (χ2v) is 11.8. The van der Waals surface area contributed by atoms with E-state index in [1.807, 2.05) is 0 Å². The number of unbranched alkanes of at least 4 members (excludes halogenated alkanes) is 25. The maximum absolute atomic E-state index is 10.4. The van der Waals surface area contributed by atoms with E-state index in [1.165, 1.54) is 154 Å².